The summed E-state index contributed by atoms with van der Waals surface area (Å²) in [4.78, 5) is 2.37. The third kappa shape index (κ3) is 6.46. The quantitative estimate of drug-likeness (QED) is 0.407. The van der Waals surface area contributed by atoms with Crippen molar-refractivity contribution >= 4 is 34.2 Å². The molecule has 0 unspecified atom stereocenters. The van der Waals surface area contributed by atoms with Gasteiger partial charge in [0, 0.05) is 28.5 Å². The Morgan fingerprint density at radius 1 is 0.906 bits per heavy atom. The standard InChI is InChI=1S/C28H31N3S/c1-2-3-4-5-6-7-8-11-19-31-20-18-23(26-12-9-10-13-27(26)31)14-15-25-16-17-28(32-25)24(21-29)22-30/h9-10,12-18,20H,2-8,11,19H2,1H3/b23-14-,25-15+. The predicted octanol–water partition coefficient (Wildman–Crippen LogP) is 6.28. The maximum Gasteiger partial charge on any atom is 0.146 e. The van der Waals surface area contributed by atoms with Gasteiger partial charge >= 0.3 is 0 Å². The molecule has 0 saturated carbocycles. The molecule has 0 saturated heterocycles. The van der Waals surface area contributed by atoms with Gasteiger partial charge in [-0.15, -0.1) is 11.3 Å². The average molecular weight is 442 g/mol. The van der Waals surface area contributed by atoms with Gasteiger partial charge in [-0.05, 0) is 42.3 Å². The number of hydrogen-bond donors (Lipinski definition) is 0. The fraction of sp³-hybridized carbons (Fsp3) is 0.357. The number of nitrogens with zero attached hydrogens (tertiary/aromatic N) is 3. The number of fused-ring (bicyclic) bond motifs is 1. The highest BCUT2D eigenvalue weighted by Crippen LogP contribution is 2.32. The van der Waals surface area contributed by atoms with E-state index in [4.69, 9.17) is 10.5 Å². The third-order valence-electron chi connectivity index (χ3n) is 5.74. The first-order valence-corrected chi connectivity index (χ1v) is 12.4. The molecular weight excluding hydrogens is 410 g/mol. The Kier molecular flexibility index (Phi) is 9.36. The number of unbranched alkanes of at least 4 members (excludes halogenated alkanes) is 7. The normalized spacial score (nSPS) is 14.3. The lowest BCUT2D eigenvalue weighted by Crippen LogP contribution is -2.21. The summed E-state index contributed by atoms with van der Waals surface area (Å²) in [5.41, 5.74) is 3.84. The second kappa shape index (κ2) is 12.7. The van der Waals surface area contributed by atoms with Crippen molar-refractivity contribution in [1.82, 2.24) is 0 Å². The number of rotatable bonds is 10. The molecule has 1 aliphatic rings. The number of anilines is 1. The minimum absolute atomic E-state index is 0.168. The van der Waals surface area contributed by atoms with Crippen molar-refractivity contribution < 1.29 is 0 Å². The van der Waals surface area contributed by atoms with Crippen LogP contribution >= 0.6 is 11.3 Å². The number of para-hydroxylation sites is 1. The smallest absolute Gasteiger partial charge is 0.146 e. The van der Waals surface area contributed by atoms with Crippen LogP contribution in [0.15, 0.2) is 54.8 Å². The molecule has 2 heterocycles. The summed E-state index contributed by atoms with van der Waals surface area (Å²) < 4.78 is 1.75. The Bertz CT molecular complexity index is 1140. The molecule has 0 amide bonds. The van der Waals surface area contributed by atoms with Crippen molar-refractivity contribution in [3.05, 3.63) is 69.4 Å². The molecule has 0 spiro atoms. The van der Waals surface area contributed by atoms with Crippen LogP contribution in [0.1, 0.15) is 63.9 Å². The molecular formula is C28H31N3S. The first kappa shape index (κ1) is 23.6. The average Bonchev–Trinajstić information content (AvgIpc) is 3.29. The van der Waals surface area contributed by atoms with Gasteiger partial charge in [-0.2, -0.15) is 10.5 Å². The molecule has 2 aromatic rings. The molecule has 32 heavy (non-hydrogen) atoms. The zero-order valence-electron chi connectivity index (χ0n) is 18.9. The summed E-state index contributed by atoms with van der Waals surface area (Å²) in [5, 5.41) is 18.1. The van der Waals surface area contributed by atoms with Crippen molar-refractivity contribution in [1.29, 1.82) is 10.5 Å². The minimum Gasteiger partial charge on any atom is -0.347 e. The summed E-state index contributed by atoms with van der Waals surface area (Å²) >= 11 is 1.47. The number of benzene rings is 1. The van der Waals surface area contributed by atoms with Gasteiger partial charge in [-0.1, -0.05) is 76.1 Å². The van der Waals surface area contributed by atoms with Crippen molar-refractivity contribution in [2.45, 2.75) is 58.3 Å². The van der Waals surface area contributed by atoms with E-state index in [1.807, 2.05) is 24.3 Å². The van der Waals surface area contributed by atoms with Gasteiger partial charge < -0.3 is 4.90 Å². The molecule has 0 aliphatic carbocycles. The summed E-state index contributed by atoms with van der Waals surface area (Å²) in [6.07, 6.45) is 19.2. The highest BCUT2D eigenvalue weighted by Gasteiger charge is 2.14. The third-order valence-corrected chi connectivity index (χ3v) is 6.80. The molecule has 1 aromatic heterocycles. The van der Waals surface area contributed by atoms with E-state index in [1.165, 1.54) is 79.5 Å². The van der Waals surface area contributed by atoms with Crippen LogP contribution < -0.4 is 14.0 Å². The second-order valence-electron chi connectivity index (χ2n) is 8.09. The van der Waals surface area contributed by atoms with Crippen molar-refractivity contribution in [3.63, 3.8) is 0 Å². The van der Waals surface area contributed by atoms with E-state index in [0.29, 0.717) is 0 Å². The van der Waals surface area contributed by atoms with Gasteiger partial charge in [0.25, 0.3) is 0 Å². The summed E-state index contributed by atoms with van der Waals surface area (Å²) in [6.45, 7) is 3.32. The second-order valence-corrected chi connectivity index (χ2v) is 9.21. The highest BCUT2D eigenvalue weighted by molar-refractivity contribution is 7.07. The summed E-state index contributed by atoms with van der Waals surface area (Å²) in [6, 6.07) is 16.3. The van der Waals surface area contributed by atoms with Gasteiger partial charge in [0.2, 0.25) is 0 Å². The summed E-state index contributed by atoms with van der Waals surface area (Å²) in [7, 11) is 0. The van der Waals surface area contributed by atoms with Gasteiger partial charge in [-0.25, -0.2) is 0 Å². The largest absolute Gasteiger partial charge is 0.347 e. The Hall–Kier alpha value is -3.08. The number of allylic oxidation sites excluding steroid dienone is 3. The van der Waals surface area contributed by atoms with Crippen LogP contribution in [0.5, 0.6) is 0 Å². The van der Waals surface area contributed by atoms with E-state index in [0.717, 1.165) is 15.6 Å². The maximum absolute atomic E-state index is 9.05. The van der Waals surface area contributed by atoms with E-state index in [1.54, 1.807) is 0 Å². The van der Waals surface area contributed by atoms with E-state index in [-0.39, 0.29) is 5.57 Å². The molecule has 3 rings (SSSR count). The fourth-order valence-corrected chi connectivity index (χ4v) is 4.80. The highest BCUT2D eigenvalue weighted by atomic mass is 32.1. The Morgan fingerprint density at radius 3 is 2.38 bits per heavy atom. The van der Waals surface area contributed by atoms with E-state index >= 15 is 0 Å². The molecule has 1 aliphatic heterocycles. The summed E-state index contributed by atoms with van der Waals surface area (Å²) in [5.74, 6) is 0. The van der Waals surface area contributed by atoms with Gasteiger partial charge in [0.1, 0.15) is 17.7 Å². The minimum atomic E-state index is 0.168. The van der Waals surface area contributed by atoms with Crippen LogP contribution in [0.4, 0.5) is 5.69 Å². The van der Waals surface area contributed by atoms with E-state index in [2.05, 4.69) is 60.5 Å². The zero-order valence-corrected chi connectivity index (χ0v) is 19.7. The molecule has 4 heteroatoms. The van der Waals surface area contributed by atoms with Crippen LogP contribution in [0, 0.1) is 22.7 Å². The number of thiophene rings is 1. The molecule has 164 valence electrons. The first-order valence-electron chi connectivity index (χ1n) is 11.6. The zero-order chi connectivity index (χ0) is 22.6. The molecule has 1 aromatic carbocycles. The van der Waals surface area contributed by atoms with Gasteiger partial charge in [0.05, 0.1) is 4.53 Å². The van der Waals surface area contributed by atoms with Gasteiger partial charge in [0.15, 0.2) is 0 Å². The Labute approximate surface area is 195 Å². The molecule has 3 nitrogen and oxygen atoms in total. The Balaban J connectivity index is 1.66. The molecule has 0 bridgehead atoms. The SMILES string of the molecule is CCCCCCCCCCN1C=C/C(=C/C=c2\ccc(=C(C#N)C#N)s2)c2ccccc21. The van der Waals surface area contributed by atoms with Crippen LogP contribution in [-0.4, -0.2) is 6.54 Å². The maximum atomic E-state index is 9.05. The van der Waals surface area contributed by atoms with Crippen LogP contribution in [0.2, 0.25) is 0 Å². The van der Waals surface area contributed by atoms with Crippen LogP contribution in [-0.2, 0) is 0 Å². The lowest BCUT2D eigenvalue weighted by atomic mass is 9.99. The van der Waals surface area contributed by atoms with Crippen molar-refractivity contribution in [2.24, 2.45) is 0 Å². The van der Waals surface area contributed by atoms with Gasteiger partial charge in [-0.3, -0.25) is 0 Å². The van der Waals surface area contributed by atoms with Crippen molar-refractivity contribution in [3.8, 4) is 12.1 Å². The lowest BCUT2D eigenvalue weighted by Gasteiger charge is -2.27. The first-order chi connectivity index (χ1) is 15.8. The monoisotopic (exact) mass is 441 g/mol. The van der Waals surface area contributed by atoms with E-state index < -0.39 is 0 Å². The molecule has 0 fully saturated rings. The molecule has 0 radical (unpaired) electrons. The number of nitriles is 2. The Morgan fingerprint density at radius 2 is 1.62 bits per heavy atom. The van der Waals surface area contributed by atoms with Crippen LogP contribution in [0.3, 0.4) is 0 Å². The predicted molar refractivity (Wildman–Crippen MR) is 136 cm³/mol. The number of hydrogen-bond acceptors (Lipinski definition) is 4. The topological polar surface area (TPSA) is 50.8 Å². The fourth-order valence-electron chi connectivity index (χ4n) is 3.95. The van der Waals surface area contributed by atoms with Crippen LogP contribution in [0.25, 0.3) is 17.2 Å². The van der Waals surface area contributed by atoms with Crippen molar-refractivity contribution in [2.75, 3.05) is 11.4 Å². The van der Waals surface area contributed by atoms with E-state index in [9.17, 15) is 0 Å². The molecule has 0 atom stereocenters. The molecule has 0 N–H and O–H groups in total. The lowest BCUT2D eigenvalue weighted by molar-refractivity contribution is 0.576.